The quantitative estimate of drug-likeness (QED) is 0.832. The minimum Gasteiger partial charge on any atom is -0.497 e. The monoisotopic (exact) mass is 347 g/mol. The Morgan fingerprint density at radius 3 is 2.52 bits per heavy atom. The van der Waals surface area contributed by atoms with Crippen molar-refractivity contribution in [1.29, 1.82) is 0 Å². The van der Waals surface area contributed by atoms with Gasteiger partial charge in [0.05, 0.1) is 20.6 Å². The van der Waals surface area contributed by atoms with Crippen LogP contribution in [-0.4, -0.2) is 31.6 Å². The number of hydrogen-bond acceptors (Lipinski definition) is 4. The van der Waals surface area contributed by atoms with Crippen LogP contribution in [0.5, 0.6) is 5.75 Å². The summed E-state index contributed by atoms with van der Waals surface area (Å²) < 4.78 is 10.2. The highest BCUT2D eigenvalue weighted by Gasteiger charge is 2.45. The van der Waals surface area contributed by atoms with E-state index in [0.717, 1.165) is 23.3 Å². The first-order valence-electron chi connectivity index (χ1n) is 8.84. The van der Waals surface area contributed by atoms with Crippen LogP contribution in [0.1, 0.15) is 44.2 Å². The summed E-state index contributed by atoms with van der Waals surface area (Å²) >= 11 is 0. The molecular formula is C20H29NO4. The SMILES string of the molecule is COC(=O)C1(NC(=O)Cc2ccc(OC)cc2C)CCC(C)C(C)C1. The molecule has 1 aliphatic rings. The van der Waals surface area contributed by atoms with Crippen LogP contribution in [0.4, 0.5) is 0 Å². The minimum atomic E-state index is -0.905. The van der Waals surface area contributed by atoms with Gasteiger partial charge in [-0.3, -0.25) is 4.79 Å². The van der Waals surface area contributed by atoms with Gasteiger partial charge in [0.2, 0.25) is 5.91 Å². The third-order valence-corrected chi connectivity index (χ3v) is 5.52. The van der Waals surface area contributed by atoms with Gasteiger partial charge in [0.25, 0.3) is 0 Å². The van der Waals surface area contributed by atoms with E-state index in [1.165, 1.54) is 7.11 Å². The van der Waals surface area contributed by atoms with Crippen LogP contribution in [-0.2, 0) is 20.7 Å². The highest BCUT2D eigenvalue weighted by Crippen LogP contribution is 2.37. The lowest BCUT2D eigenvalue weighted by molar-refractivity contribution is -0.154. The number of methoxy groups -OCH3 is 2. The molecule has 1 fully saturated rings. The molecule has 0 saturated heterocycles. The Kier molecular flexibility index (Phi) is 6.09. The second-order valence-electron chi connectivity index (χ2n) is 7.29. The zero-order valence-corrected chi connectivity index (χ0v) is 15.8. The standard InChI is InChI=1S/C20H29NO4/c1-13-8-9-20(12-15(13)3,19(23)25-5)21-18(22)11-16-6-7-17(24-4)10-14(16)2/h6-7,10,13,15H,8-9,11-12H2,1-5H3,(H,21,22). The third kappa shape index (κ3) is 4.33. The zero-order valence-electron chi connectivity index (χ0n) is 15.8. The maximum absolute atomic E-state index is 12.7. The average molecular weight is 347 g/mol. The van der Waals surface area contributed by atoms with Gasteiger partial charge in [-0.05, 0) is 61.3 Å². The fourth-order valence-electron chi connectivity index (χ4n) is 3.63. The molecular weight excluding hydrogens is 318 g/mol. The molecule has 1 N–H and O–H groups in total. The fourth-order valence-corrected chi connectivity index (χ4v) is 3.63. The van der Waals surface area contributed by atoms with Crippen molar-refractivity contribution in [2.45, 2.75) is 52.0 Å². The number of rotatable bonds is 5. The highest BCUT2D eigenvalue weighted by molar-refractivity contribution is 5.89. The number of carbonyl (C=O) groups excluding carboxylic acids is 2. The molecule has 1 amide bonds. The van der Waals surface area contributed by atoms with Crippen molar-refractivity contribution in [3.05, 3.63) is 29.3 Å². The van der Waals surface area contributed by atoms with Gasteiger partial charge in [-0.1, -0.05) is 19.9 Å². The van der Waals surface area contributed by atoms with Crippen molar-refractivity contribution in [2.24, 2.45) is 11.8 Å². The van der Waals surface area contributed by atoms with E-state index in [1.807, 2.05) is 25.1 Å². The summed E-state index contributed by atoms with van der Waals surface area (Å²) in [6, 6.07) is 5.64. The molecule has 0 spiro atoms. The number of nitrogens with one attached hydrogen (secondary N) is 1. The lowest BCUT2D eigenvalue weighted by Gasteiger charge is -2.41. The molecule has 2 rings (SSSR count). The molecule has 3 atom stereocenters. The van der Waals surface area contributed by atoms with E-state index < -0.39 is 5.54 Å². The van der Waals surface area contributed by atoms with Gasteiger partial charge in [-0.25, -0.2) is 4.79 Å². The smallest absolute Gasteiger partial charge is 0.331 e. The molecule has 0 heterocycles. The second kappa shape index (κ2) is 7.89. The Balaban J connectivity index is 2.14. The van der Waals surface area contributed by atoms with Crippen LogP contribution in [0, 0.1) is 18.8 Å². The van der Waals surface area contributed by atoms with E-state index in [-0.39, 0.29) is 18.3 Å². The lowest BCUT2D eigenvalue weighted by atomic mass is 9.71. The van der Waals surface area contributed by atoms with Crippen LogP contribution in [0.3, 0.4) is 0 Å². The maximum atomic E-state index is 12.7. The largest absolute Gasteiger partial charge is 0.497 e. The number of benzene rings is 1. The Labute approximate surface area is 150 Å². The van der Waals surface area contributed by atoms with E-state index in [2.05, 4.69) is 19.2 Å². The van der Waals surface area contributed by atoms with Crippen LogP contribution >= 0.6 is 0 Å². The molecule has 0 radical (unpaired) electrons. The topological polar surface area (TPSA) is 64.6 Å². The van der Waals surface area contributed by atoms with Gasteiger partial charge in [0.1, 0.15) is 11.3 Å². The summed E-state index contributed by atoms with van der Waals surface area (Å²) in [7, 11) is 3.00. The summed E-state index contributed by atoms with van der Waals surface area (Å²) in [5, 5.41) is 2.99. The van der Waals surface area contributed by atoms with Crippen molar-refractivity contribution in [3.63, 3.8) is 0 Å². The number of carbonyl (C=O) groups is 2. The zero-order chi connectivity index (χ0) is 18.6. The van der Waals surface area contributed by atoms with E-state index in [4.69, 9.17) is 9.47 Å². The Hall–Kier alpha value is -2.04. The summed E-state index contributed by atoms with van der Waals surface area (Å²) in [4.78, 5) is 25.1. The van der Waals surface area contributed by atoms with E-state index in [0.29, 0.717) is 24.7 Å². The van der Waals surface area contributed by atoms with E-state index in [1.54, 1.807) is 7.11 Å². The summed E-state index contributed by atoms with van der Waals surface area (Å²) in [5.74, 6) is 1.17. The molecule has 5 heteroatoms. The van der Waals surface area contributed by atoms with Gasteiger partial charge >= 0.3 is 5.97 Å². The van der Waals surface area contributed by atoms with Crippen LogP contribution < -0.4 is 10.1 Å². The summed E-state index contributed by atoms with van der Waals surface area (Å²) in [6.07, 6.45) is 2.38. The Morgan fingerprint density at radius 2 is 1.96 bits per heavy atom. The minimum absolute atomic E-state index is 0.152. The van der Waals surface area contributed by atoms with Gasteiger partial charge < -0.3 is 14.8 Å². The molecule has 1 aromatic carbocycles. The number of aryl methyl sites for hydroxylation is 1. The molecule has 5 nitrogen and oxygen atoms in total. The number of esters is 1. The lowest BCUT2D eigenvalue weighted by Crippen LogP contribution is -2.58. The highest BCUT2D eigenvalue weighted by atomic mass is 16.5. The predicted octanol–water partition coefficient (Wildman–Crippen LogP) is 3.03. The van der Waals surface area contributed by atoms with Crippen molar-refractivity contribution in [2.75, 3.05) is 14.2 Å². The van der Waals surface area contributed by atoms with Gasteiger partial charge in [-0.2, -0.15) is 0 Å². The fraction of sp³-hybridized carbons (Fsp3) is 0.600. The number of hydrogen-bond donors (Lipinski definition) is 1. The van der Waals surface area contributed by atoms with Crippen molar-refractivity contribution >= 4 is 11.9 Å². The molecule has 0 aliphatic heterocycles. The molecule has 1 aliphatic carbocycles. The van der Waals surface area contributed by atoms with Crippen molar-refractivity contribution < 1.29 is 19.1 Å². The number of amides is 1. The van der Waals surface area contributed by atoms with Crippen molar-refractivity contribution in [1.82, 2.24) is 5.32 Å². The number of ether oxygens (including phenoxy) is 2. The molecule has 25 heavy (non-hydrogen) atoms. The molecule has 1 saturated carbocycles. The molecule has 1 aromatic rings. The summed E-state index contributed by atoms with van der Waals surface area (Å²) in [6.45, 7) is 6.27. The maximum Gasteiger partial charge on any atom is 0.331 e. The van der Waals surface area contributed by atoms with Gasteiger partial charge in [-0.15, -0.1) is 0 Å². The van der Waals surface area contributed by atoms with Crippen LogP contribution in [0.15, 0.2) is 18.2 Å². The molecule has 138 valence electrons. The summed E-state index contributed by atoms with van der Waals surface area (Å²) in [5.41, 5.74) is 1.01. The average Bonchev–Trinajstić information content (AvgIpc) is 2.59. The first-order valence-corrected chi connectivity index (χ1v) is 8.84. The van der Waals surface area contributed by atoms with Gasteiger partial charge in [0, 0.05) is 0 Å². The second-order valence-corrected chi connectivity index (χ2v) is 7.29. The van der Waals surface area contributed by atoms with Crippen LogP contribution in [0.25, 0.3) is 0 Å². The predicted molar refractivity (Wildman–Crippen MR) is 96.5 cm³/mol. The first-order chi connectivity index (χ1) is 11.8. The van der Waals surface area contributed by atoms with Crippen molar-refractivity contribution in [3.8, 4) is 5.75 Å². The van der Waals surface area contributed by atoms with E-state index >= 15 is 0 Å². The molecule has 3 unspecified atom stereocenters. The van der Waals surface area contributed by atoms with E-state index in [9.17, 15) is 9.59 Å². The Morgan fingerprint density at radius 1 is 1.24 bits per heavy atom. The normalized spacial score (nSPS) is 26.0. The molecule has 0 aromatic heterocycles. The molecule has 0 bridgehead atoms. The van der Waals surface area contributed by atoms with Crippen LogP contribution in [0.2, 0.25) is 0 Å². The Bertz CT molecular complexity index is 643. The third-order valence-electron chi connectivity index (χ3n) is 5.52. The first kappa shape index (κ1) is 19.3. The van der Waals surface area contributed by atoms with Gasteiger partial charge in [0.15, 0.2) is 0 Å².